The van der Waals surface area contributed by atoms with Crippen molar-refractivity contribution in [2.24, 2.45) is 0 Å². The Bertz CT molecular complexity index is 606. The molecule has 0 amide bonds. The maximum absolute atomic E-state index is 13.8. The SMILES string of the molecule is Cc1cc(C(Cl)c2c(F)cccc2F)c(C)cc1Br. The molecule has 2 aromatic rings. The van der Waals surface area contributed by atoms with Gasteiger partial charge in [0, 0.05) is 10.0 Å². The maximum Gasteiger partial charge on any atom is 0.131 e. The van der Waals surface area contributed by atoms with Crippen LogP contribution in [-0.4, -0.2) is 0 Å². The summed E-state index contributed by atoms with van der Waals surface area (Å²) in [6.45, 7) is 3.78. The Kier molecular flexibility index (Phi) is 4.26. The normalized spacial score (nSPS) is 12.5. The number of alkyl halides is 1. The molecule has 2 rings (SSSR count). The molecule has 0 N–H and O–H groups in total. The molecule has 0 spiro atoms. The lowest BCUT2D eigenvalue weighted by Crippen LogP contribution is -2.03. The van der Waals surface area contributed by atoms with Gasteiger partial charge in [-0.05, 0) is 48.7 Å². The van der Waals surface area contributed by atoms with Crippen molar-refractivity contribution in [1.29, 1.82) is 0 Å². The molecule has 1 atom stereocenters. The van der Waals surface area contributed by atoms with Crippen molar-refractivity contribution >= 4 is 27.5 Å². The summed E-state index contributed by atoms with van der Waals surface area (Å²) in [6.07, 6.45) is 0. The zero-order valence-electron chi connectivity index (χ0n) is 10.5. The van der Waals surface area contributed by atoms with E-state index in [2.05, 4.69) is 15.9 Å². The van der Waals surface area contributed by atoms with Gasteiger partial charge in [-0.3, -0.25) is 0 Å². The summed E-state index contributed by atoms with van der Waals surface area (Å²) in [5.74, 6) is -1.25. The van der Waals surface area contributed by atoms with E-state index in [1.807, 2.05) is 26.0 Å². The van der Waals surface area contributed by atoms with Crippen LogP contribution in [0.3, 0.4) is 0 Å². The lowest BCUT2D eigenvalue weighted by molar-refractivity contribution is 0.559. The van der Waals surface area contributed by atoms with Crippen molar-refractivity contribution < 1.29 is 8.78 Å². The molecule has 0 bridgehead atoms. The van der Waals surface area contributed by atoms with Gasteiger partial charge >= 0.3 is 0 Å². The molecule has 0 saturated heterocycles. The van der Waals surface area contributed by atoms with Crippen molar-refractivity contribution in [1.82, 2.24) is 0 Å². The smallest absolute Gasteiger partial charge is 0.131 e. The molecule has 0 heterocycles. The molecular formula is C15H12BrClF2. The largest absolute Gasteiger partial charge is 0.207 e. The molecule has 4 heteroatoms. The van der Waals surface area contributed by atoms with Gasteiger partial charge in [-0.25, -0.2) is 8.78 Å². The van der Waals surface area contributed by atoms with E-state index in [1.54, 1.807) is 0 Å². The lowest BCUT2D eigenvalue weighted by Gasteiger charge is -2.16. The maximum atomic E-state index is 13.8. The fourth-order valence-electron chi connectivity index (χ4n) is 1.98. The van der Waals surface area contributed by atoms with Gasteiger partial charge in [0.2, 0.25) is 0 Å². The molecule has 0 aliphatic carbocycles. The summed E-state index contributed by atoms with van der Waals surface area (Å²) in [5, 5.41) is -0.840. The second-order valence-corrected chi connectivity index (χ2v) is 5.75. The predicted molar refractivity (Wildman–Crippen MR) is 77.7 cm³/mol. The highest BCUT2D eigenvalue weighted by Crippen LogP contribution is 2.36. The van der Waals surface area contributed by atoms with Crippen molar-refractivity contribution in [3.05, 3.63) is 68.7 Å². The van der Waals surface area contributed by atoms with E-state index in [1.165, 1.54) is 18.2 Å². The monoisotopic (exact) mass is 344 g/mol. The van der Waals surface area contributed by atoms with Crippen LogP contribution in [-0.2, 0) is 0 Å². The topological polar surface area (TPSA) is 0 Å². The Balaban J connectivity index is 2.56. The second kappa shape index (κ2) is 5.59. The summed E-state index contributed by atoms with van der Waals surface area (Å²) in [6, 6.07) is 7.52. The minimum atomic E-state index is -0.840. The molecule has 0 aliphatic heterocycles. The summed E-state index contributed by atoms with van der Waals surface area (Å²) in [7, 11) is 0. The van der Waals surface area contributed by atoms with E-state index in [0.29, 0.717) is 5.56 Å². The van der Waals surface area contributed by atoms with Crippen LogP contribution in [0, 0.1) is 25.5 Å². The van der Waals surface area contributed by atoms with Crippen LogP contribution >= 0.6 is 27.5 Å². The Hall–Kier alpha value is -0.930. The molecule has 100 valence electrons. The third-order valence-corrected chi connectivity index (χ3v) is 4.38. The van der Waals surface area contributed by atoms with Crippen LogP contribution < -0.4 is 0 Å². The average molecular weight is 346 g/mol. The number of aryl methyl sites for hydroxylation is 2. The first kappa shape index (κ1) is 14.5. The van der Waals surface area contributed by atoms with Gasteiger partial charge in [-0.1, -0.05) is 28.1 Å². The van der Waals surface area contributed by atoms with Gasteiger partial charge in [-0.2, -0.15) is 0 Å². The van der Waals surface area contributed by atoms with Gasteiger partial charge in [0.05, 0.1) is 5.38 Å². The predicted octanol–water partition coefficient (Wildman–Crippen LogP) is 5.67. The molecule has 0 aromatic heterocycles. The first-order chi connectivity index (χ1) is 8.91. The fraction of sp³-hybridized carbons (Fsp3) is 0.200. The van der Waals surface area contributed by atoms with Crippen LogP contribution in [0.1, 0.15) is 27.6 Å². The van der Waals surface area contributed by atoms with Gasteiger partial charge in [0.25, 0.3) is 0 Å². The Labute approximate surface area is 124 Å². The third kappa shape index (κ3) is 2.82. The van der Waals surface area contributed by atoms with E-state index < -0.39 is 17.0 Å². The fourth-order valence-corrected chi connectivity index (χ4v) is 2.89. The highest BCUT2D eigenvalue weighted by Gasteiger charge is 2.21. The van der Waals surface area contributed by atoms with Crippen LogP contribution in [0.2, 0.25) is 0 Å². The van der Waals surface area contributed by atoms with Gasteiger partial charge in [0.1, 0.15) is 11.6 Å². The Morgan fingerprint density at radius 2 is 1.63 bits per heavy atom. The quantitative estimate of drug-likeness (QED) is 0.615. The van der Waals surface area contributed by atoms with Gasteiger partial charge < -0.3 is 0 Å². The zero-order valence-corrected chi connectivity index (χ0v) is 12.8. The van der Waals surface area contributed by atoms with Crippen molar-refractivity contribution in [3.8, 4) is 0 Å². The van der Waals surface area contributed by atoms with Crippen LogP contribution in [0.5, 0.6) is 0 Å². The van der Waals surface area contributed by atoms with Crippen LogP contribution in [0.4, 0.5) is 8.78 Å². The molecule has 1 unspecified atom stereocenters. The minimum absolute atomic E-state index is 0.103. The Morgan fingerprint density at radius 1 is 1.05 bits per heavy atom. The first-order valence-corrected chi connectivity index (χ1v) is 6.99. The number of rotatable bonds is 2. The number of benzene rings is 2. The Morgan fingerprint density at radius 3 is 2.21 bits per heavy atom. The van der Waals surface area contributed by atoms with E-state index >= 15 is 0 Å². The summed E-state index contributed by atoms with van der Waals surface area (Å²) in [5.41, 5.74) is 2.48. The molecule has 0 radical (unpaired) electrons. The van der Waals surface area contributed by atoms with Crippen molar-refractivity contribution in [2.75, 3.05) is 0 Å². The standard InChI is InChI=1S/C15H12BrClF2/c1-8-7-11(16)9(2)6-10(8)15(17)14-12(18)4-3-5-13(14)19/h3-7,15H,1-2H3. The molecule has 2 aromatic carbocycles. The van der Waals surface area contributed by atoms with Crippen molar-refractivity contribution in [3.63, 3.8) is 0 Å². The zero-order chi connectivity index (χ0) is 14.2. The van der Waals surface area contributed by atoms with Gasteiger partial charge in [0.15, 0.2) is 0 Å². The minimum Gasteiger partial charge on any atom is -0.207 e. The highest BCUT2D eigenvalue weighted by molar-refractivity contribution is 9.10. The summed E-state index contributed by atoms with van der Waals surface area (Å²) < 4.78 is 28.5. The van der Waals surface area contributed by atoms with Crippen molar-refractivity contribution in [2.45, 2.75) is 19.2 Å². The number of hydrogen-bond donors (Lipinski definition) is 0. The summed E-state index contributed by atoms with van der Waals surface area (Å²) >= 11 is 9.70. The molecule has 19 heavy (non-hydrogen) atoms. The van der Waals surface area contributed by atoms with E-state index in [4.69, 9.17) is 11.6 Å². The van der Waals surface area contributed by atoms with E-state index in [9.17, 15) is 8.78 Å². The van der Waals surface area contributed by atoms with Crippen LogP contribution in [0.15, 0.2) is 34.8 Å². The average Bonchev–Trinajstić information content (AvgIpc) is 2.33. The highest BCUT2D eigenvalue weighted by atomic mass is 79.9. The van der Waals surface area contributed by atoms with E-state index in [-0.39, 0.29) is 5.56 Å². The molecule has 0 saturated carbocycles. The molecular weight excluding hydrogens is 334 g/mol. The van der Waals surface area contributed by atoms with Crippen LogP contribution in [0.25, 0.3) is 0 Å². The second-order valence-electron chi connectivity index (χ2n) is 4.46. The first-order valence-electron chi connectivity index (χ1n) is 5.76. The van der Waals surface area contributed by atoms with E-state index in [0.717, 1.165) is 15.6 Å². The lowest BCUT2D eigenvalue weighted by atomic mass is 9.97. The number of hydrogen-bond acceptors (Lipinski definition) is 0. The summed E-state index contributed by atoms with van der Waals surface area (Å²) in [4.78, 5) is 0. The third-order valence-electron chi connectivity index (χ3n) is 3.07. The molecule has 0 nitrogen and oxygen atoms in total. The molecule has 0 aliphatic rings. The number of halogens is 4. The molecule has 0 fully saturated rings. The van der Waals surface area contributed by atoms with Gasteiger partial charge in [-0.15, -0.1) is 11.6 Å².